The van der Waals surface area contributed by atoms with Crippen LogP contribution in [0.4, 0.5) is 0 Å². The molecule has 0 saturated heterocycles. The van der Waals surface area contributed by atoms with Gasteiger partial charge in [-0.1, -0.05) is 19.1 Å². The molecule has 11 heavy (non-hydrogen) atoms. The van der Waals surface area contributed by atoms with Crippen molar-refractivity contribution in [1.29, 1.82) is 0 Å². The predicted molar refractivity (Wildman–Crippen MR) is 52.2 cm³/mol. The third kappa shape index (κ3) is 3.20. The minimum atomic E-state index is -0.797. The minimum absolute atomic E-state index is 0.584. The predicted octanol–water partition coefficient (Wildman–Crippen LogP) is 2.32. The molecule has 0 aromatic heterocycles. The Morgan fingerprint density at radius 3 is 2.27 bits per heavy atom. The van der Waals surface area contributed by atoms with E-state index in [1.807, 2.05) is 6.92 Å². The maximum absolute atomic E-state index is 10.7. The van der Waals surface area contributed by atoms with E-state index in [1.165, 1.54) is 11.8 Å². The van der Waals surface area contributed by atoms with Crippen molar-refractivity contribution in [2.45, 2.75) is 31.9 Å². The quantitative estimate of drug-likeness (QED) is 0.696. The molecule has 0 aromatic rings. The fourth-order valence-electron chi connectivity index (χ4n) is 0.584. The number of hydrogen-bond acceptors (Lipinski definition) is 3. The van der Waals surface area contributed by atoms with Crippen LogP contribution >= 0.6 is 24.0 Å². The Balaban J connectivity index is 4.34. The van der Waals surface area contributed by atoms with E-state index in [0.717, 1.165) is 0 Å². The van der Waals surface area contributed by atoms with Crippen LogP contribution in [0.15, 0.2) is 0 Å². The van der Waals surface area contributed by atoms with Gasteiger partial charge in [0.05, 0.1) is 0 Å². The van der Waals surface area contributed by atoms with Gasteiger partial charge in [0, 0.05) is 4.20 Å². The first kappa shape index (κ1) is 10.9. The van der Waals surface area contributed by atoms with Crippen molar-refractivity contribution in [2.75, 3.05) is 0 Å². The molecular weight excluding hydrogens is 180 g/mol. The third-order valence-electron chi connectivity index (χ3n) is 1.50. The van der Waals surface area contributed by atoms with Crippen LogP contribution in [0.1, 0.15) is 27.2 Å². The zero-order valence-corrected chi connectivity index (χ0v) is 8.51. The second kappa shape index (κ2) is 4.07. The van der Waals surface area contributed by atoms with Crippen molar-refractivity contribution in [3.63, 3.8) is 0 Å². The summed E-state index contributed by atoms with van der Waals surface area (Å²) in [6.45, 7) is 5.28. The SMILES string of the molecule is CCC(C)(SC(C)=S)C(=O)O. The molecule has 1 atom stereocenters. The van der Waals surface area contributed by atoms with Gasteiger partial charge in [-0.3, -0.25) is 4.79 Å². The van der Waals surface area contributed by atoms with Gasteiger partial charge in [-0.25, -0.2) is 0 Å². The van der Waals surface area contributed by atoms with Crippen LogP contribution in [0.25, 0.3) is 0 Å². The van der Waals surface area contributed by atoms with Gasteiger partial charge in [0.25, 0.3) is 0 Å². The van der Waals surface area contributed by atoms with Crippen LogP contribution in [-0.4, -0.2) is 20.0 Å². The molecule has 0 heterocycles. The average Bonchev–Trinajstić information content (AvgIpc) is 1.86. The monoisotopic (exact) mass is 192 g/mol. The number of hydrogen-bond donors (Lipinski definition) is 1. The Kier molecular flexibility index (Phi) is 4.03. The Morgan fingerprint density at radius 1 is 1.73 bits per heavy atom. The van der Waals surface area contributed by atoms with Crippen LogP contribution in [0.2, 0.25) is 0 Å². The number of carbonyl (C=O) groups is 1. The number of carboxylic acid groups (broad SMARTS) is 1. The van der Waals surface area contributed by atoms with Gasteiger partial charge in [-0.05, 0) is 20.3 Å². The summed E-state index contributed by atoms with van der Waals surface area (Å²) in [5, 5.41) is 8.80. The molecule has 0 bridgehead atoms. The molecule has 0 aliphatic heterocycles. The molecule has 1 unspecified atom stereocenters. The van der Waals surface area contributed by atoms with E-state index in [1.54, 1.807) is 13.8 Å². The lowest BCUT2D eigenvalue weighted by Crippen LogP contribution is -2.31. The number of aliphatic carboxylic acids is 1. The molecule has 0 aliphatic carbocycles. The van der Waals surface area contributed by atoms with Gasteiger partial charge in [0.15, 0.2) is 0 Å². The molecule has 0 fully saturated rings. The molecular formula is C7H12O2S2. The summed E-state index contributed by atoms with van der Waals surface area (Å²) in [5.41, 5.74) is 0. The maximum Gasteiger partial charge on any atom is 0.319 e. The highest BCUT2D eigenvalue weighted by atomic mass is 32.2. The highest BCUT2D eigenvalue weighted by molar-refractivity contribution is 8.24. The van der Waals surface area contributed by atoms with Crippen molar-refractivity contribution in [3.05, 3.63) is 0 Å². The van der Waals surface area contributed by atoms with Gasteiger partial charge >= 0.3 is 5.97 Å². The van der Waals surface area contributed by atoms with E-state index in [9.17, 15) is 4.79 Å². The summed E-state index contributed by atoms with van der Waals surface area (Å²) in [5.74, 6) is -0.797. The molecule has 0 spiro atoms. The molecule has 0 saturated carbocycles. The van der Waals surface area contributed by atoms with E-state index in [2.05, 4.69) is 0 Å². The van der Waals surface area contributed by atoms with E-state index < -0.39 is 10.7 Å². The van der Waals surface area contributed by atoms with Gasteiger partial charge < -0.3 is 5.11 Å². The topological polar surface area (TPSA) is 37.3 Å². The van der Waals surface area contributed by atoms with E-state index in [0.29, 0.717) is 10.6 Å². The molecule has 0 aromatic carbocycles. The van der Waals surface area contributed by atoms with Crippen LogP contribution in [0.3, 0.4) is 0 Å². The lowest BCUT2D eigenvalue weighted by Gasteiger charge is -2.20. The van der Waals surface area contributed by atoms with Gasteiger partial charge in [0.2, 0.25) is 0 Å². The summed E-state index contributed by atoms with van der Waals surface area (Å²) in [6, 6.07) is 0. The van der Waals surface area contributed by atoms with E-state index >= 15 is 0 Å². The fraction of sp³-hybridized carbons (Fsp3) is 0.714. The minimum Gasteiger partial charge on any atom is -0.480 e. The smallest absolute Gasteiger partial charge is 0.319 e. The van der Waals surface area contributed by atoms with Crippen molar-refractivity contribution >= 4 is 34.1 Å². The lowest BCUT2D eigenvalue weighted by molar-refractivity contribution is -0.139. The molecule has 0 amide bonds. The van der Waals surface area contributed by atoms with Crippen molar-refractivity contribution in [1.82, 2.24) is 0 Å². The van der Waals surface area contributed by atoms with E-state index in [4.69, 9.17) is 17.3 Å². The Bertz CT molecular complexity index is 179. The van der Waals surface area contributed by atoms with Crippen LogP contribution in [0, 0.1) is 0 Å². The highest BCUT2D eigenvalue weighted by Gasteiger charge is 2.32. The van der Waals surface area contributed by atoms with Crippen molar-refractivity contribution < 1.29 is 9.90 Å². The average molecular weight is 192 g/mol. The van der Waals surface area contributed by atoms with Crippen molar-refractivity contribution in [3.8, 4) is 0 Å². The second-order valence-corrected chi connectivity index (χ2v) is 5.07. The molecule has 0 rings (SSSR count). The summed E-state index contributed by atoms with van der Waals surface area (Å²) in [7, 11) is 0. The first-order chi connectivity index (χ1) is 4.92. The first-order valence-electron chi connectivity index (χ1n) is 3.35. The lowest BCUT2D eigenvalue weighted by atomic mass is 10.1. The third-order valence-corrected chi connectivity index (χ3v) is 2.95. The normalized spacial score (nSPS) is 15.5. The fourth-order valence-corrected chi connectivity index (χ4v) is 2.00. The van der Waals surface area contributed by atoms with Crippen LogP contribution in [0.5, 0.6) is 0 Å². The standard InChI is InChI=1S/C7H12O2S2/c1-4-7(3,6(8)9)11-5(2)10/h4H2,1-3H3,(H,8,9). The molecule has 64 valence electrons. The Hall–Kier alpha value is -0.0900. The largest absolute Gasteiger partial charge is 0.480 e. The molecule has 0 aliphatic rings. The van der Waals surface area contributed by atoms with Gasteiger partial charge in [-0.2, -0.15) is 0 Å². The Labute approximate surface area is 76.4 Å². The van der Waals surface area contributed by atoms with Crippen molar-refractivity contribution in [2.24, 2.45) is 0 Å². The molecule has 1 N–H and O–H groups in total. The Morgan fingerprint density at radius 2 is 2.18 bits per heavy atom. The molecule has 2 nitrogen and oxygen atoms in total. The second-order valence-electron chi connectivity index (χ2n) is 2.48. The number of thioether (sulfide) groups is 1. The summed E-state index contributed by atoms with van der Waals surface area (Å²) in [6.07, 6.45) is 0.584. The zero-order chi connectivity index (χ0) is 9.07. The van der Waals surface area contributed by atoms with Crippen LogP contribution < -0.4 is 0 Å². The van der Waals surface area contributed by atoms with Crippen LogP contribution in [-0.2, 0) is 4.79 Å². The number of rotatable bonds is 3. The molecule has 0 radical (unpaired) electrons. The molecule has 4 heteroatoms. The maximum atomic E-state index is 10.7. The number of thiocarbonyl (C=S) groups is 1. The summed E-state index contributed by atoms with van der Waals surface area (Å²) in [4.78, 5) is 10.7. The van der Waals surface area contributed by atoms with Gasteiger partial charge in [-0.15, -0.1) is 11.8 Å². The summed E-state index contributed by atoms with van der Waals surface area (Å²) < 4.78 is -0.0667. The first-order valence-corrected chi connectivity index (χ1v) is 4.58. The summed E-state index contributed by atoms with van der Waals surface area (Å²) >= 11 is 6.07. The highest BCUT2D eigenvalue weighted by Crippen LogP contribution is 2.29. The van der Waals surface area contributed by atoms with Gasteiger partial charge in [0.1, 0.15) is 4.75 Å². The number of carboxylic acids is 1. The zero-order valence-electron chi connectivity index (χ0n) is 6.88. The van der Waals surface area contributed by atoms with E-state index in [-0.39, 0.29) is 0 Å².